The first-order valence-electron chi connectivity index (χ1n) is 15.1. The standard InChI is InChI=1S/C33H52N2O4Si/c1-8-9-10-11-12-13-15-18-29(34-39-25-31(36)35-19-16-14-17-20-35)24-30-28(4)26(2)23-27(3)32(30)33(37)38-21-22-40(5,6)7/h10-11,15,18,23H,8-9,12-14,16-17,19-22,24-25H2,1-7H3/b11-10+,18-15+,34-29?. The Hall–Kier alpha value is -2.67. The number of aryl methyl sites for hydroxylation is 2. The summed E-state index contributed by atoms with van der Waals surface area (Å²) in [6.07, 6.45) is 16.2. The number of unbranched alkanes of at least 4 members (excludes halogenated alkanes) is 2. The third kappa shape index (κ3) is 11.8. The summed E-state index contributed by atoms with van der Waals surface area (Å²) >= 11 is 0. The fourth-order valence-electron chi connectivity index (χ4n) is 4.72. The minimum absolute atomic E-state index is 0.0258. The SMILES string of the molecule is CCC/C=C/CC/C=C/C(Cc1c(C)c(C)cc(C)c1C(=O)OCC[Si](C)(C)C)=NOCC(=O)N1CCCCC1. The lowest BCUT2D eigenvalue weighted by atomic mass is 9.90. The third-order valence-electron chi connectivity index (χ3n) is 7.33. The van der Waals surface area contributed by atoms with Crippen LogP contribution >= 0.6 is 0 Å². The van der Waals surface area contributed by atoms with Gasteiger partial charge in [0.2, 0.25) is 0 Å². The Morgan fingerprint density at radius 1 is 0.975 bits per heavy atom. The van der Waals surface area contributed by atoms with Crippen molar-refractivity contribution < 1.29 is 19.2 Å². The molecule has 0 aliphatic carbocycles. The highest BCUT2D eigenvalue weighted by molar-refractivity contribution is 6.76. The number of carbonyl (C=O) groups is 2. The van der Waals surface area contributed by atoms with Gasteiger partial charge in [-0.25, -0.2) is 4.79 Å². The predicted molar refractivity (Wildman–Crippen MR) is 169 cm³/mol. The van der Waals surface area contributed by atoms with Gasteiger partial charge in [-0.3, -0.25) is 4.79 Å². The molecule has 0 radical (unpaired) electrons. The van der Waals surface area contributed by atoms with E-state index in [0.29, 0.717) is 24.3 Å². The van der Waals surface area contributed by atoms with Gasteiger partial charge in [-0.1, -0.05) is 62.4 Å². The van der Waals surface area contributed by atoms with Crippen LogP contribution in [0.5, 0.6) is 0 Å². The first-order valence-corrected chi connectivity index (χ1v) is 18.8. The molecule has 40 heavy (non-hydrogen) atoms. The molecular weight excluding hydrogens is 516 g/mol. The van der Waals surface area contributed by atoms with Crippen LogP contribution in [0.25, 0.3) is 0 Å². The molecule has 1 heterocycles. The number of oxime groups is 1. The molecule has 0 aromatic heterocycles. The number of hydrogen-bond donors (Lipinski definition) is 0. The van der Waals surface area contributed by atoms with Gasteiger partial charge in [0.15, 0.2) is 6.61 Å². The van der Waals surface area contributed by atoms with E-state index >= 15 is 0 Å². The summed E-state index contributed by atoms with van der Waals surface area (Å²) in [5.74, 6) is -0.304. The average Bonchev–Trinajstić information content (AvgIpc) is 2.90. The molecule has 1 aliphatic heterocycles. The van der Waals surface area contributed by atoms with E-state index in [0.717, 1.165) is 79.9 Å². The number of benzene rings is 1. The summed E-state index contributed by atoms with van der Waals surface area (Å²) in [5, 5.41) is 4.41. The number of carbonyl (C=O) groups excluding carboxylic acids is 2. The Kier molecular flexibility index (Phi) is 14.4. The molecule has 1 fully saturated rings. The summed E-state index contributed by atoms with van der Waals surface area (Å²) < 4.78 is 5.78. The molecule has 0 bridgehead atoms. The summed E-state index contributed by atoms with van der Waals surface area (Å²) in [4.78, 5) is 33.4. The Bertz CT molecular complexity index is 1060. The van der Waals surface area contributed by atoms with Gasteiger partial charge >= 0.3 is 5.97 Å². The number of piperidine rings is 1. The van der Waals surface area contributed by atoms with Gasteiger partial charge in [0.1, 0.15) is 0 Å². The highest BCUT2D eigenvalue weighted by Crippen LogP contribution is 2.25. The third-order valence-corrected chi connectivity index (χ3v) is 9.04. The number of allylic oxidation sites excluding steroid dienone is 4. The number of amides is 1. The Morgan fingerprint density at radius 3 is 2.33 bits per heavy atom. The number of hydrogen-bond acceptors (Lipinski definition) is 5. The molecule has 0 atom stereocenters. The maximum absolute atomic E-state index is 13.3. The molecule has 7 heteroatoms. The molecule has 1 saturated heterocycles. The Morgan fingerprint density at radius 2 is 1.65 bits per heavy atom. The molecule has 1 amide bonds. The first-order chi connectivity index (χ1) is 19.0. The van der Waals surface area contributed by atoms with Gasteiger partial charge in [0.25, 0.3) is 5.91 Å². The number of nitrogens with zero attached hydrogens (tertiary/aromatic N) is 2. The lowest BCUT2D eigenvalue weighted by Gasteiger charge is -2.26. The van der Waals surface area contributed by atoms with Gasteiger partial charge in [0.05, 0.1) is 17.9 Å². The van der Waals surface area contributed by atoms with Crippen LogP contribution in [0.2, 0.25) is 25.7 Å². The van der Waals surface area contributed by atoms with Gasteiger partial charge < -0.3 is 14.5 Å². The molecule has 0 unspecified atom stereocenters. The maximum atomic E-state index is 13.3. The fraction of sp³-hybridized carbons (Fsp3) is 0.606. The van der Waals surface area contributed by atoms with Crippen molar-refractivity contribution in [2.45, 2.75) is 105 Å². The lowest BCUT2D eigenvalue weighted by molar-refractivity contribution is -0.137. The average molecular weight is 569 g/mol. The van der Waals surface area contributed by atoms with E-state index in [1.54, 1.807) is 0 Å². The number of likely N-dealkylation sites (tertiary alicyclic amines) is 1. The quantitative estimate of drug-likeness (QED) is 0.0542. The Labute approximate surface area is 243 Å². The smallest absolute Gasteiger partial charge is 0.338 e. The molecule has 6 nitrogen and oxygen atoms in total. The van der Waals surface area contributed by atoms with Crippen LogP contribution in [0.15, 0.2) is 35.5 Å². The summed E-state index contributed by atoms with van der Waals surface area (Å²) in [6.45, 7) is 17.0. The van der Waals surface area contributed by atoms with Crippen LogP contribution in [-0.2, 0) is 20.8 Å². The number of ether oxygens (including phenoxy) is 1. The van der Waals surface area contributed by atoms with Gasteiger partial charge in [0, 0.05) is 27.6 Å². The molecule has 1 aliphatic rings. The van der Waals surface area contributed by atoms with E-state index in [1.807, 2.05) is 24.8 Å². The summed E-state index contributed by atoms with van der Waals surface area (Å²) in [6, 6.07) is 2.98. The van der Waals surface area contributed by atoms with E-state index in [-0.39, 0.29) is 18.5 Å². The van der Waals surface area contributed by atoms with Crippen LogP contribution in [0.4, 0.5) is 0 Å². The minimum atomic E-state index is -1.32. The summed E-state index contributed by atoms with van der Waals surface area (Å²) in [5.41, 5.74) is 5.29. The van der Waals surface area contributed by atoms with Crippen LogP contribution in [0.3, 0.4) is 0 Å². The highest BCUT2D eigenvalue weighted by atomic mass is 28.3. The second-order valence-electron chi connectivity index (χ2n) is 12.1. The maximum Gasteiger partial charge on any atom is 0.338 e. The second kappa shape index (κ2) is 17.2. The van der Waals surface area contributed by atoms with Crippen molar-refractivity contribution in [1.29, 1.82) is 0 Å². The molecule has 0 spiro atoms. The van der Waals surface area contributed by atoms with Crippen molar-refractivity contribution in [3.05, 3.63) is 58.2 Å². The van der Waals surface area contributed by atoms with Crippen LogP contribution < -0.4 is 0 Å². The lowest BCUT2D eigenvalue weighted by Crippen LogP contribution is -2.37. The van der Waals surface area contributed by atoms with Crippen molar-refractivity contribution in [2.75, 3.05) is 26.3 Å². The first kappa shape index (κ1) is 33.5. The minimum Gasteiger partial charge on any atom is -0.462 e. The zero-order valence-electron chi connectivity index (χ0n) is 26.1. The molecule has 0 saturated carbocycles. The monoisotopic (exact) mass is 568 g/mol. The molecule has 2 rings (SSSR count). The second-order valence-corrected chi connectivity index (χ2v) is 17.8. The van der Waals surface area contributed by atoms with E-state index in [4.69, 9.17) is 9.57 Å². The zero-order valence-corrected chi connectivity index (χ0v) is 27.1. The Balaban J connectivity index is 2.26. The predicted octanol–water partition coefficient (Wildman–Crippen LogP) is 7.73. The van der Waals surface area contributed by atoms with Gasteiger partial charge in [-0.2, -0.15) is 0 Å². The zero-order chi connectivity index (χ0) is 29.5. The molecular formula is C33H52N2O4Si. The van der Waals surface area contributed by atoms with E-state index in [2.05, 4.69) is 62.9 Å². The fourth-order valence-corrected chi connectivity index (χ4v) is 5.43. The number of esters is 1. The van der Waals surface area contributed by atoms with Crippen molar-refractivity contribution in [2.24, 2.45) is 5.16 Å². The van der Waals surface area contributed by atoms with Crippen LogP contribution in [0.1, 0.15) is 84.5 Å². The largest absolute Gasteiger partial charge is 0.462 e. The van der Waals surface area contributed by atoms with E-state index in [9.17, 15) is 9.59 Å². The summed E-state index contributed by atoms with van der Waals surface area (Å²) in [7, 11) is -1.32. The molecule has 0 N–H and O–H groups in total. The van der Waals surface area contributed by atoms with Crippen LogP contribution in [0, 0.1) is 20.8 Å². The molecule has 1 aromatic rings. The normalized spacial score (nSPS) is 14.8. The topological polar surface area (TPSA) is 68.2 Å². The van der Waals surface area contributed by atoms with Gasteiger partial charge in [-0.05, 0) is 93.7 Å². The highest BCUT2D eigenvalue weighted by Gasteiger charge is 2.22. The number of rotatable bonds is 15. The molecule has 1 aromatic carbocycles. The van der Waals surface area contributed by atoms with Crippen molar-refractivity contribution >= 4 is 25.7 Å². The van der Waals surface area contributed by atoms with Crippen molar-refractivity contribution in [3.8, 4) is 0 Å². The molecule has 222 valence electrons. The van der Waals surface area contributed by atoms with Gasteiger partial charge in [-0.15, -0.1) is 0 Å². The van der Waals surface area contributed by atoms with E-state index in [1.165, 1.54) is 6.42 Å². The van der Waals surface area contributed by atoms with E-state index < -0.39 is 8.07 Å². The van der Waals surface area contributed by atoms with Crippen LogP contribution in [-0.4, -0.2) is 56.9 Å². The van der Waals surface area contributed by atoms with Crippen molar-refractivity contribution in [1.82, 2.24) is 4.90 Å². The van der Waals surface area contributed by atoms with Crippen molar-refractivity contribution in [3.63, 3.8) is 0 Å².